The number of hydrogen-bond donors (Lipinski definition) is 1. The predicted molar refractivity (Wildman–Crippen MR) is 76.3 cm³/mol. The molecule has 0 aromatic heterocycles. The molecule has 1 heterocycles. The molecule has 0 unspecified atom stereocenters. The van der Waals surface area contributed by atoms with Crippen LogP contribution in [0.3, 0.4) is 0 Å². The minimum atomic E-state index is -0.308. The molecule has 0 aromatic rings. The summed E-state index contributed by atoms with van der Waals surface area (Å²) in [5, 5.41) is 0. The van der Waals surface area contributed by atoms with Gasteiger partial charge in [-0.25, -0.2) is 0 Å². The molecule has 18 heavy (non-hydrogen) atoms. The van der Waals surface area contributed by atoms with Crippen LogP contribution < -0.4 is 5.73 Å². The van der Waals surface area contributed by atoms with E-state index in [-0.39, 0.29) is 5.41 Å². The number of hydrogen-bond acceptors (Lipinski definition) is 2. The summed E-state index contributed by atoms with van der Waals surface area (Å²) in [5.41, 5.74) is 5.56. The Balaban J connectivity index is 2.58. The standard InChI is InChI=1S/C15H30N2O/c1-4-7-13-8-10-17(11-9-13)14(18)15(5-2,6-3)12-16/h13H,4-12,16H2,1-3H3. The lowest BCUT2D eigenvalue weighted by molar-refractivity contribution is -0.143. The van der Waals surface area contributed by atoms with E-state index in [2.05, 4.69) is 25.7 Å². The first kappa shape index (κ1) is 15.5. The van der Waals surface area contributed by atoms with Crippen molar-refractivity contribution in [2.75, 3.05) is 19.6 Å². The van der Waals surface area contributed by atoms with Gasteiger partial charge in [0.25, 0.3) is 0 Å². The molecule has 3 nitrogen and oxygen atoms in total. The molecular weight excluding hydrogens is 224 g/mol. The molecule has 106 valence electrons. The molecular formula is C15H30N2O. The zero-order valence-corrected chi connectivity index (χ0v) is 12.4. The molecule has 0 aromatic carbocycles. The Morgan fingerprint density at radius 1 is 1.22 bits per heavy atom. The summed E-state index contributed by atoms with van der Waals surface area (Å²) in [4.78, 5) is 14.7. The first-order valence-electron chi connectivity index (χ1n) is 7.63. The topological polar surface area (TPSA) is 46.3 Å². The van der Waals surface area contributed by atoms with E-state index in [9.17, 15) is 4.79 Å². The van der Waals surface area contributed by atoms with Crippen molar-refractivity contribution >= 4 is 5.91 Å². The number of piperidine rings is 1. The highest BCUT2D eigenvalue weighted by Gasteiger charge is 2.37. The molecule has 0 aliphatic carbocycles. The quantitative estimate of drug-likeness (QED) is 0.792. The van der Waals surface area contributed by atoms with E-state index in [4.69, 9.17) is 5.73 Å². The summed E-state index contributed by atoms with van der Waals surface area (Å²) >= 11 is 0. The summed E-state index contributed by atoms with van der Waals surface area (Å²) in [7, 11) is 0. The van der Waals surface area contributed by atoms with Gasteiger partial charge in [-0.15, -0.1) is 0 Å². The van der Waals surface area contributed by atoms with Gasteiger partial charge >= 0.3 is 0 Å². The largest absolute Gasteiger partial charge is 0.342 e. The second-order valence-electron chi connectivity index (χ2n) is 5.72. The van der Waals surface area contributed by atoms with E-state index in [1.807, 2.05) is 0 Å². The SMILES string of the molecule is CCCC1CCN(C(=O)C(CC)(CC)CN)CC1. The third-order valence-electron chi connectivity index (χ3n) is 4.80. The summed E-state index contributed by atoms with van der Waals surface area (Å²) < 4.78 is 0. The van der Waals surface area contributed by atoms with Gasteiger partial charge in [0.05, 0.1) is 5.41 Å². The minimum absolute atomic E-state index is 0.296. The third kappa shape index (κ3) is 3.25. The number of rotatable bonds is 6. The number of amides is 1. The fourth-order valence-electron chi connectivity index (χ4n) is 3.10. The minimum Gasteiger partial charge on any atom is -0.342 e. The van der Waals surface area contributed by atoms with Gasteiger partial charge in [-0.2, -0.15) is 0 Å². The van der Waals surface area contributed by atoms with Crippen LogP contribution in [-0.4, -0.2) is 30.4 Å². The first-order valence-corrected chi connectivity index (χ1v) is 7.63. The molecule has 0 atom stereocenters. The van der Waals surface area contributed by atoms with E-state index >= 15 is 0 Å². The predicted octanol–water partition coefficient (Wildman–Crippen LogP) is 2.79. The van der Waals surface area contributed by atoms with Gasteiger partial charge in [-0.3, -0.25) is 4.79 Å². The van der Waals surface area contributed by atoms with Crippen LogP contribution in [-0.2, 0) is 4.79 Å². The molecule has 1 rings (SSSR count). The number of likely N-dealkylation sites (tertiary alicyclic amines) is 1. The molecule has 1 fully saturated rings. The molecule has 0 radical (unpaired) electrons. The molecule has 0 bridgehead atoms. The van der Waals surface area contributed by atoms with Crippen molar-refractivity contribution in [3.63, 3.8) is 0 Å². The van der Waals surface area contributed by atoms with E-state index in [0.29, 0.717) is 12.5 Å². The number of carbonyl (C=O) groups is 1. The van der Waals surface area contributed by atoms with Crippen LogP contribution >= 0.6 is 0 Å². The molecule has 0 spiro atoms. The highest BCUT2D eigenvalue weighted by atomic mass is 16.2. The molecule has 2 N–H and O–H groups in total. The second-order valence-corrected chi connectivity index (χ2v) is 5.72. The van der Waals surface area contributed by atoms with Gasteiger partial charge in [-0.1, -0.05) is 33.6 Å². The lowest BCUT2D eigenvalue weighted by Gasteiger charge is -2.39. The average Bonchev–Trinajstić information content (AvgIpc) is 2.42. The van der Waals surface area contributed by atoms with Crippen LogP contribution in [0.5, 0.6) is 0 Å². The first-order chi connectivity index (χ1) is 8.63. The molecule has 1 aliphatic heterocycles. The van der Waals surface area contributed by atoms with Gasteiger partial charge in [0.15, 0.2) is 0 Å². The summed E-state index contributed by atoms with van der Waals surface area (Å²) in [5.74, 6) is 1.12. The lowest BCUT2D eigenvalue weighted by atomic mass is 9.80. The zero-order valence-electron chi connectivity index (χ0n) is 12.4. The zero-order chi connectivity index (χ0) is 13.6. The summed E-state index contributed by atoms with van der Waals surface area (Å²) in [6.07, 6.45) is 6.63. The smallest absolute Gasteiger partial charge is 0.230 e. The maximum Gasteiger partial charge on any atom is 0.230 e. The van der Waals surface area contributed by atoms with Crippen molar-refractivity contribution in [3.05, 3.63) is 0 Å². The van der Waals surface area contributed by atoms with Crippen LogP contribution in [0.2, 0.25) is 0 Å². The number of nitrogens with two attached hydrogens (primary N) is 1. The number of carbonyl (C=O) groups excluding carboxylic acids is 1. The van der Waals surface area contributed by atoms with Crippen LogP contribution in [0.1, 0.15) is 59.3 Å². The third-order valence-corrected chi connectivity index (χ3v) is 4.80. The second kappa shape index (κ2) is 7.13. The Morgan fingerprint density at radius 3 is 2.17 bits per heavy atom. The fraction of sp³-hybridized carbons (Fsp3) is 0.933. The van der Waals surface area contributed by atoms with E-state index in [0.717, 1.165) is 31.8 Å². The number of nitrogens with zero attached hydrogens (tertiary/aromatic N) is 1. The van der Waals surface area contributed by atoms with Crippen molar-refractivity contribution in [2.24, 2.45) is 17.1 Å². The molecule has 1 aliphatic rings. The highest BCUT2D eigenvalue weighted by Crippen LogP contribution is 2.30. The normalized spacial score (nSPS) is 18.1. The van der Waals surface area contributed by atoms with E-state index < -0.39 is 0 Å². The van der Waals surface area contributed by atoms with Crippen molar-refractivity contribution < 1.29 is 4.79 Å². The lowest BCUT2D eigenvalue weighted by Crippen LogP contribution is -2.50. The van der Waals surface area contributed by atoms with Crippen LogP contribution in [0, 0.1) is 11.3 Å². The molecule has 0 saturated carbocycles. The maximum atomic E-state index is 12.6. The van der Waals surface area contributed by atoms with E-state index in [1.54, 1.807) is 0 Å². The molecule has 3 heteroatoms. The molecule has 1 amide bonds. The van der Waals surface area contributed by atoms with Crippen molar-refractivity contribution in [1.29, 1.82) is 0 Å². The highest BCUT2D eigenvalue weighted by molar-refractivity contribution is 5.83. The monoisotopic (exact) mass is 254 g/mol. The Morgan fingerprint density at radius 2 is 1.78 bits per heavy atom. The summed E-state index contributed by atoms with van der Waals surface area (Å²) in [6, 6.07) is 0. The van der Waals surface area contributed by atoms with E-state index in [1.165, 1.54) is 25.7 Å². The van der Waals surface area contributed by atoms with Crippen LogP contribution in [0.25, 0.3) is 0 Å². The van der Waals surface area contributed by atoms with Gasteiger partial charge in [0.1, 0.15) is 0 Å². The Kier molecular flexibility index (Phi) is 6.13. The summed E-state index contributed by atoms with van der Waals surface area (Å²) in [6.45, 7) is 8.76. The van der Waals surface area contributed by atoms with Gasteiger partial charge in [-0.05, 0) is 31.6 Å². The Labute approximate surface area is 112 Å². The van der Waals surface area contributed by atoms with Gasteiger partial charge in [0.2, 0.25) is 5.91 Å². The van der Waals surface area contributed by atoms with Gasteiger partial charge in [0, 0.05) is 19.6 Å². The van der Waals surface area contributed by atoms with Crippen molar-refractivity contribution in [2.45, 2.75) is 59.3 Å². The average molecular weight is 254 g/mol. The van der Waals surface area contributed by atoms with Gasteiger partial charge < -0.3 is 10.6 Å². The van der Waals surface area contributed by atoms with Crippen molar-refractivity contribution in [1.82, 2.24) is 4.90 Å². The fourth-order valence-corrected chi connectivity index (χ4v) is 3.10. The molecule has 1 saturated heterocycles. The van der Waals surface area contributed by atoms with Crippen LogP contribution in [0.15, 0.2) is 0 Å². The maximum absolute atomic E-state index is 12.6. The Hall–Kier alpha value is -0.570. The van der Waals surface area contributed by atoms with Crippen LogP contribution in [0.4, 0.5) is 0 Å². The Bertz CT molecular complexity index is 245. The van der Waals surface area contributed by atoms with Crippen molar-refractivity contribution in [3.8, 4) is 0 Å².